The van der Waals surface area contributed by atoms with E-state index in [1.807, 2.05) is 13.8 Å². The second-order valence-corrected chi connectivity index (χ2v) is 8.82. The highest BCUT2D eigenvalue weighted by atomic mass is 19.1. The summed E-state index contributed by atoms with van der Waals surface area (Å²) < 4.78 is 24.7. The van der Waals surface area contributed by atoms with E-state index in [0.717, 1.165) is 19.5 Å². The third-order valence-corrected chi connectivity index (χ3v) is 6.41. The zero-order chi connectivity index (χ0) is 24.9. The summed E-state index contributed by atoms with van der Waals surface area (Å²) in [6.07, 6.45) is 0.867. The van der Waals surface area contributed by atoms with Gasteiger partial charge in [-0.05, 0) is 54.8 Å². The number of likely N-dealkylation sites (tertiary alicyclic amines) is 1. The monoisotopic (exact) mass is 482 g/mol. The van der Waals surface area contributed by atoms with Crippen molar-refractivity contribution in [3.8, 4) is 5.75 Å². The fourth-order valence-electron chi connectivity index (χ4n) is 4.53. The van der Waals surface area contributed by atoms with Gasteiger partial charge >= 0.3 is 0 Å². The zero-order valence-electron chi connectivity index (χ0n) is 20.1. The van der Waals surface area contributed by atoms with Crippen LogP contribution in [0.5, 0.6) is 5.75 Å². The van der Waals surface area contributed by atoms with Gasteiger partial charge in [-0.15, -0.1) is 0 Å². The minimum absolute atomic E-state index is 0.00825. The van der Waals surface area contributed by atoms with Gasteiger partial charge in [-0.2, -0.15) is 0 Å². The van der Waals surface area contributed by atoms with Crippen LogP contribution in [0.1, 0.15) is 36.1 Å². The normalized spacial score (nSPS) is 20.4. The standard InChI is InChI=1S/C27H31FN2O5/c1-3-14-35-21-8-9-22(18(2)17-21)25(31)23-24(19-4-6-20(28)7-5-19)30(27(33)26(23)32)11-10-29-12-15-34-16-13-29/h4-9,17,24,31H,3,10-16H2,1-2H3/b25-23-. The number of nitrogens with zero attached hydrogens (tertiary/aromatic N) is 2. The molecule has 1 amide bonds. The summed E-state index contributed by atoms with van der Waals surface area (Å²) in [6.45, 7) is 8.00. The van der Waals surface area contributed by atoms with Gasteiger partial charge in [0, 0.05) is 31.7 Å². The molecule has 7 nitrogen and oxygen atoms in total. The number of ketones is 1. The molecule has 2 aliphatic heterocycles. The van der Waals surface area contributed by atoms with Crippen LogP contribution in [-0.2, 0) is 14.3 Å². The lowest BCUT2D eigenvalue weighted by Crippen LogP contribution is -2.42. The van der Waals surface area contributed by atoms with Crippen molar-refractivity contribution in [3.63, 3.8) is 0 Å². The molecular formula is C27H31FN2O5. The highest BCUT2D eigenvalue weighted by Gasteiger charge is 2.46. The predicted molar refractivity (Wildman–Crippen MR) is 130 cm³/mol. The van der Waals surface area contributed by atoms with E-state index in [-0.39, 0.29) is 11.3 Å². The Morgan fingerprint density at radius 3 is 2.49 bits per heavy atom. The van der Waals surface area contributed by atoms with Crippen molar-refractivity contribution in [2.24, 2.45) is 0 Å². The Hall–Kier alpha value is -3.23. The number of ether oxygens (including phenoxy) is 2. The molecule has 2 aromatic rings. The molecule has 2 aliphatic rings. The van der Waals surface area contributed by atoms with Crippen LogP contribution in [0.25, 0.3) is 5.76 Å². The first-order valence-corrected chi connectivity index (χ1v) is 12.0. The summed E-state index contributed by atoms with van der Waals surface area (Å²) in [5.41, 5.74) is 1.74. The molecule has 4 rings (SSSR count). The van der Waals surface area contributed by atoms with Gasteiger partial charge in [0.05, 0.1) is 31.4 Å². The lowest BCUT2D eigenvalue weighted by Gasteiger charge is -2.31. The molecule has 35 heavy (non-hydrogen) atoms. The van der Waals surface area contributed by atoms with E-state index in [9.17, 15) is 19.1 Å². The van der Waals surface area contributed by atoms with Gasteiger partial charge in [0.15, 0.2) is 0 Å². The van der Waals surface area contributed by atoms with Crippen LogP contribution in [0.2, 0.25) is 0 Å². The van der Waals surface area contributed by atoms with Crippen LogP contribution >= 0.6 is 0 Å². The van der Waals surface area contributed by atoms with Crippen molar-refractivity contribution in [1.29, 1.82) is 0 Å². The maximum Gasteiger partial charge on any atom is 0.295 e. The highest BCUT2D eigenvalue weighted by molar-refractivity contribution is 6.46. The van der Waals surface area contributed by atoms with Crippen LogP contribution < -0.4 is 4.74 Å². The summed E-state index contributed by atoms with van der Waals surface area (Å²) in [4.78, 5) is 30.0. The minimum Gasteiger partial charge on any atom is -0.507 e. The lowest BCUT2D eigenvalue weighted by molar-refractivity contribution is -0.140. The predicted octanol–water partition coefficient (Wildman–Crippen LogP) is 3.68. The number of aliphatic hydroxyl groups excluding tert-OH is 1. The number of benzene rings is 2. The van der Waals surface area contributed by atoms with Crippen LogP contribution in [0, 0.1) is 12.7 Å². The Labute approximate surface area is 204 Å². The molecule has 2 aromatic carbocycles. The molecule has 0 bridgehead atoms. The van der Waals surface area contributed by atoms with Gasteiger partial charge in [-0.1, -0.05) is 19.1 Å². The molecule has 0 aromatic heterocycles. The number of hydrogen-bond acceptors (Lipinski definition) is 6. The largest absolute Gasteiger partial charge is 0.507 e. The SMILES string of the molecule is CCCOc1ccc(/C(O)=C2/C(=O)C(=O)N(CCN3CCOCC3)C2c2ccc(F)cc2)c(C)c1. The number of Topliss-reactive ketones (excluding diaryl/α,β-unsaturated/α-hetero) is 1. The molecule has 2 fully saturated rings. The fraction of sp³-hybridized carbons (Fsp3) is 0.407. The summed E-state index contributed by atoms with van der Waals surface area (Å²) in [7, 11) is 0. The summed E-state index contributed by atoms with van der Waals surface area (Å²) in [5.74, 6) is -1.41. The van der Waals surface area contributed by atoms with Gasteiger partial charge < -0.3 is 19.5 Å². The number of aliphatic hydroxyl groups is 1. The number of halogens is 1. The smallest absolute Gasteiger partial charge is 0.295 e. The van der Waals surface area contributed by atoms with Gasteiger partial charge in [0.2, 0.25) is 0 Å². The zero-order valence-corrected chi connectivity index (χ0v) is 20.1. The van der Waals surface area contributed by atoms with Gasteiger partial charge in [-0.3, -0.25) is 14.5 Å². The van der Waals surface area contributed by atoms with E-state index in [1.54, 1.807) is 30.3 Å². The molecule has 0 radical (unpaired) electrons. The average Bonchev–Trinajstić information content (AvgIpc) is 3.12. The van der Waals surface area contributed by atoms with E-state index in [1.165, 1.54) is 17.0 Å². The molecule has 186 valence electrons. The van der Waals surface area contributed by atoms with E-state index in [0.29, 0.717) is 55.4 Å². The Morgan fingerprint density at radius 1 is 1.11 bits per heavy atom. The molecule has 2 heterocycles. The summed E-state index contributed by atoms with van der Waals surface area (Å²) in [6, 6.07) is 10.1. The second kappa shape index (κ2) is 11.0. The first-order valence-electron chi connectivity index (χ1n) is 12.0. The van der Waals surface area contributed by atoms with Gasteiger partial charge in [-0.25, -0.2) is 4.39 Å². The Balaban J connectivity index is 1.71. The topological polar surface area (TPSA) is 79.3 Å². The van der Waals surface area contributed by atoms with Crippen molar-refractivity contribution in [1.82, 2.24) is 9.80 Å². The first-order chi connectivity index (χ1) is 16.9. The molecule has 8 heteroatoms. The molecule has 1 unspecified atom stereocenters. The second-order valence-electron chi connectivity index (χ2n) is 8.82. The fourth-order valence-corrected chi connectivity index (χ4v) is 4.53. The van der Waals surface area contributed by atoms with E-state index < -0.39 is 23.5 Å². The molecule has 0 spiro atoms. The molecule has 1 atom stereocenters. The third kappa shape index (κ3) is 5.39. The molecular weight excluding hydrogens is 451 g/mol. The maximum absolute atomic E-state index is 13.7. The van der Waals surface area contributed by atoms with E-state index >= 15 is 0 Å². The number of rotatable bonds is 8. The summed E-state index contributed by atoms with van der Waals surface area (Å²) in [5, 5.41) is 11.3. The Kier molecular flexibility index (Phi) is 7.83. The molecule has 2 saturated heterocycles. The van der Waals surface area contributed by atoms with E-state index in [4.69, 9.17) is 9.47 Å². The van der Waals surface area contributed by atoms with Gasteiger partial charge in [0.1, 0.15) is 17.3 Å². The molecule has 0 aliphatic carbocycles. The molecule has 0 saturated carbocycles. The Bertz CT molecular complexity index is 1110. The Morgan fingerprint density at radius 2 is 1.83 bits per heavy atom. The van der Waals surface area contributed by atoms with Crippen LogP contribution in [0.15, 0.2) is 48.0 Å². The van der Waals surface area contributed by atoms with Crippen molar-refractivity contribution < 1.29 is 28.6 Å². The third-order valence-electron chi connectivity index (χ3n) is 6.41. The number of carbonyl (C=O) groups excluding carboxylic acids is 2. The van der Waals surface area contributed by atoms with E-state index in [2.05, 4.69) is 4.90 Å². The average molecular weight is 483 g/mol. The number of carbonyl (C=O) groups is 2. The number of hydrogen-bond donors (Lipinski definition) is 1. The summed E-state index contributed by atoms with van der Waals surface area (Å²) >= 11 is 0. The van der Waals surface area contributed by atoms with Crippen molar-refractivity contribution >= 4 is 17.4 Å². The molecule has 1 N–H and O–H groups in total. The van der Waals surface area contributed by atoms with Crippen LogP contribution in [-0.4, -0.2) is 72.6 Å². The highest BCUT2D eigenvalue weighted by Crippen LogP contribution is 2.40. The van der Waals surface area contributed by atoms with Crippen LogP contribution in [0.3, 0.4) is 0 Å². The number of morpholine rings is 1. The first kappa shape index (κ1) is 24.9. The quantitative estimate of drug-likeness (QED) is 0.351. The van der Waals surface area contributed by atoms with Crippen molar-refractivity contribution in [3.05, 3.63) is 70.5 Å². The van der Waals surface area contributed by atoms with Crippen molar-refractivity contribution in [2.45, 2.75) is 26.3 Å². The van der Waals surface area contributed by atoms with Gasteiger partial charge in [0.25, 0.3) is 11.7 Å². The van der Waals surface area contributed by atoms with Crippen LogP contribution in [0.4, 0.5) is 4.39 Å². The number of aryl methyl sites for hydroxylation is 1. The maximum atomic E-state index is 13.7. The lowest BCUT2D eigenvalue weighted by atomic mass is 9.94. The number of amides is 1. The minimum atomic E-state index is -0.813. The van der Waals surface area contributed by atoms with Crippen molar-refractivity contribution in [2.75, 3.05) is 46.0 Å².